The second-order valence-electron chi connectivity index (χ2n) is 8.75. The van der Waals surface area contributed by atoms with Gasteiger partial charge in [0.15, 0.2) is 9.84 Å². The number of carbonyl (C=O) groups is 1. The molecule has 5 nitrogen and oxygen atoms in total. The molecule has 1 amide bonds. The molecular weight excluding hydrogens is 446 g/mol. The third-order valence-corrected chi connectivity index (χ3v) is 7.70. The van der Waals surface area contributed by atoms with Crippen molar-refractivity contribution in [3.8, 4) is 11.1 Å². The highest BCUT2D eigenvalue weighted by Crippen LogP contribution is 2.29. The summed E-state index contributed by atoms with van der Waals surface area (Å²) < 4.78 is 53.3. The Bertz CT molecular complexity index is 1080. The Morgan fingerprint density at radius 2 is 1.73 bits per heavy atom. The quantitative estimate of drug-likeness (QED) is 0.549. The van der Waals surface area contributed by atoms with Crippen molar-refractivity contribution in [1.82, 2.24) is 9.80 Å². The number of sulfone groups is 1. The smallest absolute Gasteiger partial charge is 0.260 e. The van der Waals surface area contributed by atoms with Crippen LogP contribution in [0.4, 0.5) is 8.78 Å². The summed E-state index contributed by atoms with van der Waals surface area (Å²) in [6.45, 7) is 8.36. The topological polar surface area (TPSA) is 57.7 Å². The monoisotopic (exact) mass is 478 g/mol. The molecule has 1 fully saturated rings. The SMILES string of the molecule is CCC(C)N(CC)CC1CCCN1C(=O)c1c(F)cc(-c2ccc(S(C)(=O)=O)cc2)cc1F. The second kappa shape index (κ2) is 10.3. The van der Waals surface area contributed by atoms with Gasteiger partial charge in [-0.05, 0) is 68.1 Å². The summed E-state index contributed by atoms with van der Waals surface area (Å²) in [5, 5.41) is 0. The number of benzene rings is 2. The minimum Gasteiger partial charge on any atom is -0.334 e. The van der Waals surface area contributed by atoms with Crippen molar-refractivity contribution in [3.05, 3.63) is 53.6 Å². The largest absolute Gasteiger partial charge is 0.334 e. The molecule has 0 saturated carbocycles. The molecule has 1 aliphatic rings. The molecule has 2 aromatic rings. The minimum atomic E-state index is -3.37. The van der Waals surface area contributed by atoms with Crippen LogP contribution < -0.4 is 0 Å². The average molecular weight is 479 g/mol. The molecule has 1 heterocycles. The van der Waals surface area contributed by atoms with E-state index in [0.717, 1.165) is 44.2 Å². The van der Waals surface area contributed by atoms with E-state index in [9.17, 15) is 13.2 Å². The van der Waals surface area contributed by atoms with E-state index in [1.165, 1.54) is 24.3 Å². The lowest BCUT2D eigenvalue weighted by Crippen LogP contribution is -2.46. The summed E-state index contributed by atoms with van der Waals surface area (Å²) in [5.41, 5.74) is 0.170. The van der Waals surface area contributed by atoms with E-state index in [4.69, 9.17) is 0 Å². The van der Waals surface area contributed by atoms with Crippen molar-refractivity contribution in [2.75, 3.05) is 25.9 Å². The molecule has 2 atom stereocenters. The predicted octanol–water partition coefficient (Wildman–Crippen LogP) is 4.76. The molecule has 0 spiro atoms. The Hall–Kier alpha value is -2.32. The van der Waals surface area contributed by atoms with Crippen LogP contribution in [0.3, 0.4) is 0 Å². The molecule has 1 aliphatic heterocycles. The molecule has 2 aromatic carbocycles. The summed E-state index contributed by atoms with van der Waals surface area (Å²) in [7, 11) is -3.37. The highest BCUT2D eigenvalue weighted by atomic mass is 32.2. The van der Waals surface area contributed by atoms with Crippen LogP contribution in [0.2, 0.25) is 0 Å². The van der Waals surface area contributed by atoms with Gasteiger partial charge in [0, 0.05) is 31.4 Å². The van der Waals surface area contributed by atoms with Gasteiger partial charge in [-0.1, -0.05) is 26.0 Å². The Kier molecular flexibility index (Phi) is 7.90. The first-order chi connectivity index (χ1) is 15.6. The Morgan fingerprint density at radius 3 is 2.24 bits per heavy atom. The fourth-order valence-corrected chi connectivity index (χ4v) is 5.06. The van der Waals surface area contributed by atoms with Crippen LogP contribution in [0.5, 0.6) is 0 Å². The van der Waals surface area contributed by atoms with E-state index in [0.29, 0.717) is 24.7 Å². The lowest BCUT2D eigenvalue weighted by atomic mass is 10.0. The summed E-state index contributed by atoms with van der Waals surface area (Å²) in [6, 6.07) is 8.34. The molecule has 0 N–H and O–H groups in total. The first-order valence-corrected chi connectivity index (χ1v) is 13.3. The van der Waals surface area contributed by atoms with Crippen LogP contribution in [0.1, 0.15) is 50.4 Å². The van der Waals surface area contributed by atoms with Gasteiger partial charge < -0.3 is 4.90 Å². The molecule has 1 saturated heterocycles. The van der Waals surface area contributed by atoms with Gasteiger partial charge in [-0.15, -0.1) is 0 Å². The standard InChI is InChI=1S/C25H32F2N2O3S/c1-5-17(3)28(6-2)16-20-8-7-13-29(20)25(30)24-22(26)14-19(15-23(24)27)18-9-11-21(12-10-18)33(4,31)32/h9-12,14-15,17,20H,5-8,13,16H2,1-4H3. The lowest BCUT2D eigenvalue weighted by Gasteiger charge is -2.33. The average Bonchev–Trinajstić information content (AvgIpc) is 3.24. The molecule has 180 valence electrons. The van der Waals surface area contributed by atoms with Gasteiger partial charge >= 0.3 is 0 Å². The number of hydrogen-bond acceptors (Lipinski definition) is 4. The highest BCUT2D eigenvalue weighted by Gasteiger charge is 2.34. The van der Waals surface area contributed by atoms with Crippen molar-refractivity contribution in [3.63, 3.8) is 0 Å². The third kappa shape index (κ3) is 5.61. The summed E-state index contributed by atoms with van der Waals surface area (Å²) in [5.74, 6) is -2.45. The number of likely N-dealkylation sites (tertiary alicyclic amines) is 1. The number of nitrogens with zero attached hydrogens (tertiary/aromatic N) is 2. The van der Waals surface area contributed by atoms with E-state index in [2.05, 4.69) is 25.7 Å². The van der Waals surface area contributed by atoms with Crippen molar-refractivity contribution in [2.45, 2.75) is 57.0 Å². The molecule has 2 unspecified atom stereocenters. The molecule has 0 bridgehead atoms. The number of likely N-dealkylation sites (N-methyl/N-ethyl adjacent to an activating group) is 1. The fraction of sp³-hybridized carbons (Fsp3) is 0.480. The normalized spacial score (nSPS) is 17.5. The van der Waals surface area contributed by atoms with Crippen LogP contribution in [0, 0.1) is 11.6 Å². The molecule has 33 heavy (non-hydrogen) atoms. The van der Waals surface area contributed by atoms with E-state index < -0.39 is 32.9 Å². The number of amides is 1. The van der Waals surface area contributed by atoms with E-state index in [-0.39, 0.29) is 16.5 Å². The first kappa shape index (κ1) is 25.3. The molecule has 0 aromatic heterocycles. The zero-order chi connectivity index (χ0) is 24.3. The van der Waals surface area contributed by atoms with Crippen LogP contribution in [-0.4, -0.2) is 62.1 Å². The van der Waals surface area contributed by atoms with Gasteiger partial charge in [0.1, 0.15) is 17.2 Å². The van der Waals surface area contributed by atoms with Crippen LogP contribution >= 0.6 is 0 Å². The molecule has 0 radical (unpaired) electrons. The van der Waals surface area contributed by atoms with Gasteiger partial charge in [0.05, 0.1) is 4.90 Å². The predicted molar refractivity (Wildman–Crippen MR) is 126 cm³/mol. The highest BCUT2D eigenvalue weighted by molar-refractivity contribution is 7.90. The maximum Gasteiger partial charge on any atom is 0.260 e. The molecule has 8 heteroatoms. The van der Waals surface area contributed by atoms with E-state index >= 15 is 8.78 Å². The number of rotatable bonds is 8. The summed E-state index contributed by atoms with van der Waals surface area (Å²) in [4.78, 5) is 17.2. The fourth-order valence-electron chi connectivity index (χ4n) is 4.42. The minimum absolute atomic E-state index is 0.0755. The van der Waals surface area contributed by atoms with Gasteiger partial charge in [0.2, 0.25) is 0 Å². The summed E-state index contributed by atoms with van der Waals surface area (Å²) >= 11 is 0. The van der Waals surface area contributed by atoms with Crippen LogP contribution in [0.15, 0.2) is 41.3 Å². The summed E-state index contributed by atoms with van der Waals surface area (Å²) in [6.07, 6.45) is 3.70. The Labute approximate surface area is 195 Å². The lowest BCUT2D eigenvalue weighted by molar-refractivity contribution is 0.0671. The number of hydrogen-bond donors (Lipinski definition) is 0. The van der Waals surface area contributed by atoms with Crippen LogP contribution in [-0.2, 0) is 9.84 Å². The van der Waals surface area contributed by atoms with Gasteiger partial charge in [-0.25, -0.2) is 17.2 Å². The van der Waals surface area contributed by atoms with Crippen LogP contribution in [0.25, 0.3) is 11.1 Å². The molecule has 0 aliphatic carbocycles. The Morgan fingerprint density at radius 1 is 1.12 bits per heavy atom. The van der Waals surface area contributed by atoms with Crippen molar-refractivity contribution < 1.29 is 22.0 Å². The van der Waals surface area contributed by atoms with Crippen molar-refractivity contribution >= 4 is 15.7 Å². The second-order valence-corrected chi connectivity index (χ2v) is 10.8. The van der Waals surface area contributed by atoms with Gasteiger partial charge in [0.25, 0.3) is 5.91 Å². The molecule has 3 rings (SSSR count). The van der Waals surface area contributed by atoms with Gasteiger partial charge in [-0.2, -0.15) is 0 Å². The van der Waals surface area contributed by atoms with Crippen molar-refractivity contribution in [2.24, 2.45) is 0 Å². The zero-order valence-corrected chi connectivity index (χ0v) is 20.5. The first-order valence-electron chi connectivity index (χ1n) is 11.4. The third-order valence-electron chi connectivity index (χ3n) is 6.58. The maximum absolute atomic E-state index is 15.0. The number of halogens is 2. The number of carbonyl (C=O) groups excluding carboxylic acids is 1. The zero-order valence-electron chi connectivity index (χ0n) is 19.6. The maximum atomic E-state index is 15.0. The van der Waals surface area contributed by atoms with Gasteiger partial charge in [-0.3, -0.25) is 9.69 Å². The van der Waals surface area contributed by atoms with Crippen molar-refractivity contribution in [1.29, 1.82) is 0 Å². The van der Waals surface area contributed by atoms with E-state index in [1.54, 1.807) is 4.90 Å². The molecular formula is C25H32F2N2O3S. The van der Waals surface area contributed by atoms with E-state index in [1.807, 2.05) is 0 Å². The Balaban J connectivity index is 1.85.